The van der Waals surface area contributed by atoms with Crippen molar-refractivity contribution in [2.24, 2.45) is 0 Å². The molecule has 7 heteroatoms. The van der Waals surface area contributed by atoms with Crippen molar-refractivity contribution in [3.63, 3.8) is 0 Å². The average molecular weight is 400 g/mol. The monoisotopic (exact) mass is 400 g/mol. The van der Waals surface area contributed by atoms with Gasteiger partial charge in [-0.15, -0.1) is 0 Å². The van der Waals surface area contributed by atoms with E-state index >= 15 is 0 Å². The number of nitrogens with one attached hydrogen (secondary N) is 1. The first-order chi connectivity index (χ1) is 13.3. The van der Waals surface area contributed by atoms with Crippen molar-refractivity contribution in [3.05, 3.63) is 83.7 Å². The lowest BCUT2D eigenvalue weighted by atomic mass is 10.1. The molecule has 0 saturated carbocycles. The first-order valence-electron chi connectivity index (χ1n) is 8.76. The lowest BCUT2D eigenvalue weighted by Crippen LogP contribution is -2.39. The van der Waals surface area contributed by atoms with Gasteiger partial charge in [-0.2, -0.15) is 4.31 Å². The highest BCUT2D eigenvalue weighted by atomic mass is 32.2. The molecule has 0 heterocycles. The number of rotatable bonds is 7. The molecule has 0 spiro atoms. The van der Waals surface area contributed by atoms with Crippen LogP contribution in [0.15, 0.2) is 66.7 Å². The van der Waals surface area contributed by atoms with Crippen LogP contribution in [0.1, 0.15) is 11.1 Å². The van der Waals surface area contributed by atoms with Crippen molar-refractivity contribution in [2.75, 3.05) is 12.8 Å². The van der Waals surface area contributed by atoms with E-state index in [0.717, 1.165) is 26.9 Å². The molecule has 0 unspecified atom stereocenters. The maximum atomic E-state index is 13.9. The summed E-state index contributed by atoms with van der Waals surface area (Å²) in [5.41, 5.74) is 1.13. The molecule has 3 aromatic rings. The number of amides is 1. The molecular formula is C21H21FN2O3S. The highest BCUT2D eigenvalue weighted by Crippen LogP contribution is 2.16. The zero-order valence-corrected chi connectivity index (χ0v) is 16.2. The van der Waals surface area contributed by atoms with E-state index in [2.05, 4.69) is 5.32 Å². The number of benzene rings is 3. The molecule has 0 bridgehead atoms. The highest BCUT2D eigenvalue weighted by molar-refractivity contribution is 7.88. The second-order valence-electron chi connectivity index (χ2n) is 6.58. The predicted octanol–water partition coefficient (Wildman–Crippen LogP) is 3.06. The summed E-state index contributed by atoms with van der Waals surface area (Å²) < 4.78 is 38.9. The van der Waals surface area contributed by atoms with Crippen molar-refractivity contribution >= 4 is 26.7 Å². The lowest BCUT2D eigenvalue weighted by molar-refractivity contribution is -0.121. The van der Waals surface area contributed by atoms with E-state index in [1.54, 1.807) is 6.07 Å². The first-order valence-corrected chi connectivity index (χ1v) is 10.6. The summed E-state index contributed by atoms with van der Waals surface area (Å²) in [6, 6.07) is 19.7. The number of sulfonamides is 1. The van der Waals surface area contributed by atoms with E-state index in [1.165, 1.54) is 18.2 Å². The average Bonchev–Trinajstić information content (AvgIpc) is 2.66. The van der Waals surface area contributed by atoms with Crippen LogP contribution in [0.25, 0.3) is 10.8 Å². The van der Waals surface area contributed by atoms with Crippen molar-refractivity contribution in [1.82, 2.24) is 9.62 Å². The number of hydrogen-bond donors (Lipinski definition) is 1. The van der Waals surface area contributed by atoms with E-state index in [9.17, 15) is 17.6 Å². The Bertz CT molecular complexity index is 1100. The summed E-state index contributed by atoms with van der Waals surface area (Å²) in [5, 5.41) is 4.89. The largest absolute Gasteiger partial charge is 0.351 e. The molecule has 0 aliphatic carbocycles. The minimum atomic E-state index is -3.68. The predicted molar refractivity (Wildman–Crippen MR) is 107 cm³/mol. The van der Waals surface area contributed by atoms with Crippen LogP contribution in [-0.2, 0) is 27.9 Å². The van der Waals surface area contributed by atoms with Gasteiger partial charge >= 0.3 is 0 Å². The smallest absolute Gasteiger partial charge is 0.235 e. The molecule has 146 valence electrons. The molecule has 0 fully saturated rings. The standard InChI is InChI=1S/C21H21FN2O3S/c1-28(26,27)24(14-19-8-4-5-9-20(19)22)15-21(25)23-13-16-10-11-17-6-2-3-7-18(17)12-16/h2-12H,13-15H2,1H3,(H,23,25). The summed E-state index contributed by atoms with van der Waals surface area (Å²) >= 11 is 0. The Kier molecular flexibility index (Phi) is 6.06. The van der Waals surface area contributed by atoms with Crippen LogP contribution in [0.2, 0.25) is 0 Å². The number of fused-ring (bicyclic) bond motifs is 1. The molecule has 0 radical (unpaired) electrons. The number of hydrogen-bond acceptors (Lipinski definition) is 3. The van der Waals surface area contributed by atoms with E-state index < -0.39 is 21.7 Å². The normalized spacial score (nSPS) is 11.7. The maximum Gasteiger partial charge on any atom is 0.235 e. The Labute approximate surface area is 163 Å². The van der Waals surface area contributed by atoms with Crippen LogP contribution in [0, 0.1) is 5.82 Å². The van der Waals surface area contributed by atoms with E-state index in [4.69, 9.17) is 0 Å². The second-order valence-corrected chi connectivity index (χ2v) is 8.56. The fraction of sp³-hybridized carbons (Fsp3) is 0.190. The Balaban J connectivity index is 1.65. The molecule has 0 saturated heterocycles. The van der Waals surface area contributed by atoms with Crippen LogP contribution in [-0.4, -0.2) is 31.4 Å². The SMILES string of the molecule is CS(=O)(=O)N(CC(=O)NCc1ccc2ccccc2c1)Cc1ccccc1F. The van der Waals surface area contributed by atoms with Gasteiger partial charge in [0, 0.05) is 18.7 Å². The third-order valence-electron chi connectivity index (χ3n) is 4.40. The summed E-state index contributed by atoms with van der Waals surface area (Å²) in [7, 11) is -3.68. The minimum absolute atomic E-state index is 0.200. The Hall–Kier alpha value is -2.77. The van der Waals surface area contributed by atoms with Gasteiger partial charge in [0.1, 0.15) is 5.82 Å². The zero-order chi connectivity index (χ0) is 20.1. The van der Waals surface area contributed by atoms with Gasteiger partial charge in [-0.1, -0.05) is 54.6 Å². The summed E-state index contributed by atoms with van der Waals surface area (Å²) in [5.74, 6) is -0.956. The van der Waals surface area contributed by atoms with Crippen molar-refractivity contribution < 1.29 is 17.6 Å². The van der Waals surface area contributed by atoms with Crippen molar-refractivity contribution in [3.8, 4) is 0 Å². The fourth-order valence-corrected chi connectivity index (χ4v) is 3.60. The molecule has 0 aromatic heterocycles. The molecule has 1 amide bonds. The Morgan fingerprint density at radius 3 is 2.39 bits per heavy atom. The van der Waals surface area contributed by atoms with Crippen LogP contribution >= 0.6 is 0 Å². The molecule has 0 aliphatic heterocycles. The van der Waals surface area contributed by atoms with Crippen LogP contribution in [0.5, 0.6) is 0 Å². The van der Waals surface area contributed by atoms with Gasteiger partial charge in [0.15, 0.2) is 0 Å². The molecule has 28 heavy (non-hydrogen) atoms. The van der Waals surface area contributed by atoms with Gasteiger partial charge < -0.3 is 5.32 Å². The Morgan fingerprint density at radius 1 is 1.00 bits per heavy atom. The van der Waals surface area contributed by atoms with E-state index in [1.807, 2.05) is 42.5 Å². The molecular weight excluding hydrogens is 379 g/mol. The third kappa shape index (κ3) is 5.15. The van der Waals surface area contributed by atoms with E-state index in [-0.39, 0.29) is 25.2 Å². The van der Waals surface area contributed by atoms with Gasteiger partial charge in [-0.25, -0.2) is 12.8 Å². The summed E-state index contributed by atoms with van der Waals surface area (Å²) in [6.07, 6.45) is 1.00. The van der Waals surface area contributed by atoms with Gasteiger partial charge in [-0.3, -0.25) is 4.79 Å². The first kappa shape index (κ1) is 20.0. The Morgan fingerprint density at radius 2 is 1.68 bits per heavy atom. The minimum Gasteiger partial charge on any atom is -0.351 e. The van der Waals surface area contributed by atoms with Crippen LogP contribution in [0.3, 0.4) is 0 Å². The number of carbonyl (C=O) groups is 1. The van der Waals surface area contributed by atoms with Crippen molar-refractivity contribution in [2.45, 2.75) is 13.1 Å². The van der Waals surface area contributed by atoms with Crippen molar-refractivity contribution in [1.29, 1.82) is 0 Å². The van der Waals surface area contributed by atoms with Gasteiger partial charge in [0.05, 0.1) is 12.8 Å². The topological polar surface area (TPSA) is 66.5 Å². The molecule has 3 aromatic carbocycles. The molecule has 0 aliphatic rings. The quantitative estimate of drug-likeness (QED) is 0.663. The second kappa shape index (κ2) is 8.50. The van der Waals surface area contributed by atoms with Gasteiger partial charge in [-0.05, 0) is 28.5 Å². The third-order valence-corrected chi connectivity index (χ3v) is 5.59. The number of carbonyl (C=O) groups excluding carboxylic acids is 1. The van der Waals surface area contributed by atoms with Gasteiger partial charge in [0.2, 0.25) is 15.9 Å². The molecule has 3 rings (SSSR count). The maximum absolute atomic E-state index is 13.9. The number of halogens is 1. The zero-order valence-electron chi connectivity index (χ0n) is 15.4. The lowest BCUT2D eigenvalue weighted by Gasteiger charge is -2.20. The summed E-state index contributed by atoms with van der Waals surface area (Å²) in [6.45, 7) is -0.295. The molecule has 5 nitrogen and oxygen atoms in total. The van der Waals surface area contributed by atoms with Gasteiger partial charge in [0.25, 0.3) is 0 Å². The summed E-state index contributed by atoms with van der Waals surface area (Å²) in [4.78, 5) is 12.3. The van der Waals surface area contributed by atoms with E-state index in [0.29, 0.717) is 0 Å². The molecule has 1 N–H and O–H groups in total. The molecule has 0 atom stereocenters. The van der Waals surface area contributed by atoms with Crippen LogP contribution < -0.4 is 5.32 Å². The highest BCUT2D eigenvalue weighted by Gasteiger charge is 2.21. The van der Waals surface area contributed by atoms with Crippen LogP contribution in [0.4, 0.5) is 4.39 Å². The number of nitrogens with zero attached hydrogens (tertiary/aromatic N) is 1. The fourth-order valence-electron chi connectivity index (χ4n) is 2.87.